The van der Waals surface area contributed by atoms with Crippen molar-refractivity contribution in [1.29, 1.82) is 0 Å². The lowest BCUT2D eigenvalue weighted by Gasteiger charge is -2.17. The number of ether oxygens (including phenoxy) is 1. The van der Waals surface area contributed by atoms with E-state index in [1.54, 1.807) is 29.2 Å². The quantitative estimate of drug-likeness (QED) is 0.629. The molecule has 0 saturated carbocycles. The zero-order valence-corrected chi connectivity index (χ0v) is 17.0. The Balaban J connectivity index is 1.31. The van der Waals surface area contributed by atoms with E-state index in [2.05, 4.69) is 5.32 Å². The van der Waals surface area contributed by atoms with Crippen molar-refractivity contribution in [3.05, 3.63) is 95.8 Å². The van der Waals surface area contributed by atoms with Gasteiger partial charge >= 0.3 is 0 Å². The summed E-state index contributed by atoms with van der Waals surface area (Å²) in [5.74, 6) is -0.184. The van der Waals surface area contributed by atoms with Crippen molar-refractivity contribution in [3.63, 3.8) is 0 Å². The molecule has 31 heavy (non-hydrogen) atoms. The Kier molecular flexibility index (Phi) is 6.26. The van der Waals surface area contributed by atoms with Crippen molar-refractivity contribution in [1.82, 2.24) is 5.32 Å². The maximum Gasteiger partial charge on any atom is 0.227 e. The molecule has 2 amide bonds. The van der Waals surface area contributed by atoms with Gasteiger partial charge in [0, 0.05) is 25.2 Å². The lowest BCUT2D eigenvalue weighted by Crippen LogP contribution is -2.32. The van der Waals surface area contributed by atoms with Gasteiger partial charge in [-0.3, -0.25) is 9.59 Å². The molecular weight excluding hydrogens is 395 g/mol. The van der Waals surface area contributed by atoms with Gasteiger partial charge in [0.05, 0.1) is 5.92 Å². The molecule has 1 aliphatic heterocycles. The minimum atomic E-state index is -0.370. The van der Waals surface area contributed by atoms with Crippen LogP contribution in [0, 0.1) is 11.7 Å². The number of carbonyl (C=O) groups is 2. The van der Waals surface area contributed by atoms with Crippen LogP contribution in [0.15, 0.2) is 78.9 Å². The Morgan fingerprint density at radius 2 is 1.68 bits per heavy atom. The number of anilines is 1. The van der Waals surface area contributed by atoms with Crippen molar-refractivity contribution in [2.75, 3.05) is 11.4 Å². The summed E-state index contributed by atoms with van der Waals surface area (Å²) in [5, 5.41) is 2.92. The minimum absolute atomic E-state index is 0.0696. The van der Waals surface area contributed by atoms with Crippen LogP contribution in [0.3, 0.4) is 0 Å². The largest absolute Gasteiger partial charge is 0.489 e. The topological polar surface area (TPSA) is 58.6 Å². The Morgan fingerprint density at radius 3 is 2.39 bits per heavy atom. The number of halogens is 1. The highest BCUT2D eigenvalue weighted by Crippen LogP contribution is 2.27. The predicted octanol–water partition coefficient (Wildman–Crippen LogP) is 4.07. The van der Waals surface area contributed by atoms with Crippen LogP contribution >= 0.6 is 0 Å². The van der Waals surface area contributed by atoms with Gasteiger partial charge in [-0.05, 0) is 47.5 Å². The molecule has 158 valence electrons. The Morgan fingerprint density at radius 1 is 0.968 bits per heavy atom. The molecule has 0 aliphatic carbocycles. The smallest absolute Gasteiger partial charge is 0.227 e. The molecule has 1 fully saturated rings. The van der Waals surface area contributed by atoms with Gasteiger partial charge in [-0.1, -0.05) is 42.5 Å². The molecule has 1 aliphatic rings. The average Bonchev–Trinajstić information content (AvgIpc) is 3.20. The van der Waals surface area contributed by atoms with Gasteiger partial charge in [0.2, 0.25) is 11.8 Å². The zero-order chi connectivity index (χ0) is 21.6. The number of hydrogen-bond acceptors (Lipinski definition) is 3. The summed E-state index contributed by atoms with van der Waals surface area (Å²) in [6.07, 6.45) is 0.198. The second-order valence-electron chi connectivity index (χ2n) is 7.52. The molecule has 1 N–H and O–H groups in total. The van der Waals surface area contributed by atoms with E-state index in [1.807, 2.05) is 42.5 Å². The molecule has 1 atom stereocenters. The van der Waals surface area contributed by atoms with E-state index in [0.29, 0.717) is 25.4 Å². The SMILES string of the molecule is O=C(NCc1ccccc1)C1CC(=O)N(c2ccc(OCc3ccc(F)cc3)cc2)C1. The third-order valence-corrected chi connectivity index (χ3v) is 5.27. The summed E-state index contributed by atoms with van der Waals surface area (Å²) in [4.78, 5) is 26.6. The monoisotopic (exact) mass is 418 g/mol. The molecule has 1 unspecified atom stereocenters. The van der Waals surface area contributed by atoms with Crippen molar-refractivity contribution in [3.8, 4) is 5.75 Å². The highest BCUT2D eigenvalue weighted by Gasteiger charge is 2.35. The third-order valence-electron chi connectivity index (χ3n) is 5.27. The van der Waals surface area contributed by atoms with Gasteiger partial charge in [0.15, 0.2) is 0 Å². The second-order valence-corrected chi connectivity index (χ2v) is 7.52. The molecule has 5 nitrogen and oxygen atoms in total. The summed E-state index contributed by atoms with van der Waals surface area (Å²) >= 11 is 0. The fraction of sp³-hybridized carbons (Fsp3) is 0.200. The first-order valence-electron chi connectivity index (χ1n) is 10.2. The van der Waals surface area contributed by atoms with Gasteiger partial charge in [-0.25, -0.2) is 4.39 Å². The fourth-order valence-electron chi connectivity index (χ4n) is 3.53. The van der Waals surface area contributed by atoms with E-state index in [-0.39, 0.29) is 30.0 Å². The standard InChI is InChI=1S/C25H23FN2O3/c26-21-8-6-19(7-9-21)17-31-23-12-10-22(11-13-23)28-16-20(14-24(28)29)25(30)27-15-18-4-2-1-3-5-18/h1-13,20H,14-17H2,(H,27,30). The number of amides is 2. The molecule has 1 heterocycles. The molecule has 0 radical (unpaired) electrons. The number of nitrogens with one attached hydrogen (secondary N) is 1. The third kappa shape index (κ3) is 5.28. The maximum atomic E-state index is 13.0. The summed E-state index contributed by atoms with van der Waals surface area (Å²) < 4.78 is 18.7. The van der Waals surface area contributed by atoms with Crippen LogP contribution in [0.1, 0.15) is 17.5 Å². The van der Waals surface area contributed by atoms with E-state index < -0.39 is 0 Å². The number of rotatable bonds is 7. The zero-order valence-electron chi connectivity index (χ0n) is 17.0. The Bertz CT molecular complexity index is 1040. The van der Waals surface area contributed by atoms with Crippen molar-refractivity contribution >= 4 is 17.5 Å². The van der Waals surface area contributed by atoms with Crippen LogP contribution in [0.2, 0.25) is 0 Å². The fourth-order valence-corrected chi connectivity index (χ4v) is 3.53. The first-order chi connectivity index (χ1) is 15.1. The summed E-state index contributed by atoms with van der Waals surface area (Å²) in [6, 6.07) is 23.0. The second kappa shape index (κ2) is 9.43. The molecule has 1 saturated heterocycles. The molecular formula is C25H23FN2O3. The molecule has 3 aromatic rings. The lowest BCUT2D eigenvalue weighted by molar-refractivity contribution is -0.126. The molecule has 0 bridgehead atoms. The summed E-state index contributed by atoms with van der Waals surface area (Å²) in [6.45, 7) is 1.13. The molecule has 0 spiro atoms. The van der Waals surface area contributed by atoms with Crippen molar-refractivity contribution < 1.29 is 18.7 Å². The maximum absolute atomic E-state index is 13.0. The number of nitrogens with zero attached hydrogens (tertiary/aromatic N) is 1. The van der Waals surface area contributed by atoms with Crippen LogP contribution < -0.4 is 15.0 Å². The Hall–Kier alpha value is -3.67. The minimum Gasteiger partial charge on any atom is -0.489 e. The van der Waals surface area contributed by atoms with Crippen LogP contribution in [0.25, 0.3) is 0 Å². The van der Waals surface area contributed by atoms with Crippen molar-refractivity contribution in [2.24, 2.45) is 5.92 Å². The lowest BCUT2D eigenvalue weighted by atomic mass is 10.1. The predicted molar refractivity (Wildman–Crippen MR) is 116 cm³/mol. The Labute approximate surface area is 180 Å². The van der Waals surface area contributed by atoms with Crippen molar-refractivity contribution in [2.45, 2.75) is 19.6 Å². The van der Waals surface area contributed by atoms with Gasteiger partial charge < -0.3 is 15.0 Å². The number of carbonyl (C=O) groups excluding carboxylic acids is 2. The van der Waals surface area contributed by atoms with Crippen LogP contribution in [-0.4, -0.2) is 18.4 Å². The summed E-state index contributed by atoms with van der Waals surface area (Å²) in [7, 11) is 0. The van der Waals surface area contributed by atoms with E-state index in [0.717, 1.165) is 16.8 Å². The molecule has 0 aromatic heterocycles. The van der Waals surface area contributed by atoms with E-state index in [1.165, 1.54) is 12.1 Å². The van der Waals surface area contributed by atoms with Crippen LogP contribution in [-0.2, 0) is 22.7 Å². The first kappa shape index (κ1) is 20.6. The molecule has 6 heteroatoms. The summed E-state index contributed by atoms with van der Waals surface area (Å²) in [5.41, 5.74) is 2.62. The van der Waals surface area contributed by atoms with Gasteiger partial charge in [-0.2, -0.15) is 0 Å². The van der Waals surface area contributed by atoms with Gasteiger partial charge in [-0.15, -0.1) is 0 Å². The first-order valence-corrected chi connectivity index (χ1v) is 10.2. The van der Waals surface area contributed by atoms with E-state index >= 15 is 0 Å². The van der Waals surface area contributed by atoms with Gasteiger partial charge in [0.1, 0.15) is 18.2 Å². The van der Waals surface area contributed by atoms with Crippen LogP contribution in [0.5, 0.6) is 5.75 Å². The normalized spacial score (nSPS) is 15.7. The average molecular weight is 418 g/mol. The van der Waals surface area contributed by atoms with Crippen LogP contribution in [0.4, 0.5) is 10.1 Å². The van der Waals surface area contributed by atoms with Gasteiger partial charge in [0.25, 0.3) is 0 Å². The molecule has 3 aromatic carbocycles. The van der Waals surface area contributed by atoms with E-state index in [9.17, 15) is 14.0 Å². The van der Waals surface area contributed by atoms with E-state index in [4.69, 9.17) is 4.74 Å². The number of hydrogen-bond donors (Lipinski definition) is 1. The number of benzene rings is 3. The molecule has 4 rings (SSSR count). The highest BCUT2D eigenvalue weighted by atomic mass is 19.1. The highest BCUT2D eigenvalue weighted by molar-refractivity contribution is 6.00.